The van der Waals surface area contributed by atoms with Crippen LogP contribution in [0.5, 0.6) is 5.75 Å². The lowest BCUT2D eigenvalue weighted by atomic mass is 10.2. The van der Waals surface area contributed by atoms with Crippen LogP contribution >= 0.6 is 23.2 Å². The number of halogens is 2. The van der Waals surface area contributed by atoms with Crippen molar-refractivity contribution in [2.45, 2.75) is 11.4 Å². The van der Waals surface area contributed by atoms with E-state index < -0.39 is 4.84 Å². The van der Waals surface area contributed by atoms with Crippen molar-refractivity contribution < 1.29 is 9.53 Å². The van der Waals surface area contributed by atoms with Crippen molar-refractivity contribution in [3.05, 3.63) is 54.8 Å². The summed E-state index contributed by atoms with van der Waals surface area (Å²) in [6.45, 7) is 3.94. The molecule has 0 aliphatic carbocycles. The molecule has 0 radical (unpaired) electrons. The minimum absolute atomic E-state index is 0.378. The lowest BCUT2D eigenvalue weighted by Gasteiger charge is -2.19. The Hall–Kier alpha value is -1.45. The first-order chi connectivity index (χ1) is 9.08. The molecule has 0 saturated heterocycles. The Bertz CT molecular complexity index is 455. The SMILES string of the molecule is C=C/C=C/N(Cc1ccc(OC)cc1)C(=O)C(Cl)Cl. The maximum Gasteiger partial charge on any atom is 0.260 e. The van der Waals surface area contributed by atoms with Crippen molar-refractivity contribution in [3.8, 4) is 5.75 Å². The van der Waals surface area contributed by atoms with Gasteiger partial charge in [0.15, 0.2) is 4.84 Å². The maximum atomic E-state index is 11.8. The fourth-order valence-corrected chi connectivity index (χ4v) is 1.67. The van der Waals surface area contributed by atoms with E-state index >= 15 is 0 Å². The highest BCUT2D eigenvalue weighted by Crippen LogP contribution is 2.15. The standard InChI is InChI=1S/C14H15Cl2NO2/c1-3-4-9-17(14(18)13(15)16)10-11-5-7-12(19-2)8-6-11/h3-9,13H,1,10H2,2H3/b9-4+. The van der Waals surface area contributed by atoms with Gasteiger partial charge in [0.1, 0.15) is 5.75 Å². The van der Waals surface area contributed by atoms with Crippen molar-refractivity contribution in [1.82, 2.24) is 4.90 Å². The first kappa shape index (κ1) is 15.6. The molecular weight excluding hydrogens is 285 g/mol. The summed E-state index contributed by atoms with van der Waals surface area (Å²) in [6.07, 6.45) is 4.82. The summed E-state index contributed by atoms with van der Waals surface area (Å²) in [6, 6.07) is 7.40. The lowest BCUT2D eigenvalue weighted by molar-refractivity contribution is -0.127. The number of rotatable bonds is 6. The van der Waals surface area contributed by atoms with Crippen molar-refractivity contribution in [3.63, 3.8) is 0 Å². The molecule has 0 heterocycles. The van der Waals surface area contributed by atoms with Gasteiger partial charge < -0.3 is 9.64 Å². The molecule has 0 unspecified atom stereocenters. The van der Waals surface area contributed by atoms with Gasteiger partial charge >= 0.3 is 0 Å². The second-order valence-corrected chi connectivity index (χ2v) is 4.79. The maximum absolute atomic E-state index is 11.8. The van der Waals surface area contributed by atoms with Gasteiger partial charge in [-0.25, -0.2) is 0 Å². The minimum Gasteiger partial charge on any atom is -0.497 e. The molecule has 0 aromatic heterocycles. The van der Waals surface area contributed by atoms with Gasteiger partial charge in [-0.3, -0.25) is 4.79 Å². The van der Waals surface area contributed by atoms with Gasteiger partial charge in [0.05, 0.1) is 13.7 Å². The Kier molecular flexibility index (Phi) is 6.46. The predicted molar refractivity (Wildman–Crippen MR) is 78.4 cm³/mol. The van der Waals surface area contributed by atoms with Crippen LogP contribution in [0, 0.1) is 0 Å². The molecule has 1 rings (SSSR count). The number of hydrogen-bond donors (Lipinski definition) is 0. The van der Waals surface area contributed by atoms with Crippen molar-refractivity contribution in [2.75, 3.05) is 7.11 Å². The zero-order valence-electron chi connectivity index (χ0n) is 10.6. The van der Waals surface area contributed by atoms with E-state index in [0.717, 1.165) is 11.3 Å². The number of hydrogen-bond acceptors (Lipinski definition) is 2. The average Bonchev–Trinajstić information content (AvgIpc) is 2.43. The molecular formula is C14H15Cl2NO2. The Morgan fingerprint density at radius 3 is 2.53 bits per heavy atom. The largest absolute Gasteiger partial charge is 0.497 e. The molecule has 0 fully saturated rings. The van der Waals surface area contributed by atoms with E-state index in [1.165, 1.54) is 4.90 Å². The van der Waals surface area contributed by atoms with E-state index in [0.29, 0.717) is 6.54 Å². The van der Waals surface area contributed by atoms with Crippen molar-refractivity contribution in [1.29, 1.82) is 0 Å². The lowest BCUT2D eigenvalue weighted by Crippen LogP contribution is -2.29. The van der Waals surface area contributed by atoms with Crippen LogP contribution in [-0.2, 0) is 11.3 Å². The molecule has 0 saturated carbocycles. The zero-order valence-corrected chi connectivity index (χ0v) is 12.1. The van der Waals surface area contributed by atoms with Crippen LogP contribution in [0.25, 0.3) is 0 Å². The number of nitrogens with zero attached hydrogens (tertiary/aromatic N) is 1. The molecule has 0 aliphatic heterocycles. The van der Waals surface area contributed by atoms with Crippen LogP contribution in [0.1, 0.15) is 5.56 Å². The van der Waals surface area contributed by atoms with Gasteiger partial charge in [0.25, 0.3) is 5.91 Å². The number of methoxy groups -OCH3 is 1. The average molecular weight is 300 g/mol. The van der Waals surface area contributed by atoms with E-state index in [1.54, 1.807) is 25.5 Å². The molecule has 1 aromatic rings. The summed E-state index contributed by atoms with van der Waals surface area (Å²) in [5.41, 5.74) is 0.942. The third-order valence-electron chi connectivity index (χ3n) is 2.38. The second kappa shape index (κ2) is 7.87. The van der Waals surface area contributed by atoms with Crippen molar-refractivity contribution in [2.24, 2.45) is 0 Å². The molecule has 19 heavy (non-hydrogen) atoms. The predicted octanol–water partition coefficient (Wildman–Crippen LogP) is 3.53. The topological polar surface area (TPSA) is 29.5 Å². The summed E-state index contributed by atoms with van der Waals surface area (Å²) in [4.78, 5) is 12.2. The molecule has 0 N–H and O–H groups in total. The molecule has 0 atom stereocenters. The fraction of sp³-hybridized carbons (Fsp3) is 0.214. The highest BCUT2D eigenvalue weighted by molar-refractivity contribution is 6.53. The van der Waals surface area contributed by atoms with E-state index in [1.807, 2.05) is 24.3 Å². The number of amides is 1. The number of ether oxygens (including phenoxy) is 1. The highest BCUT2D eigenvalue weighted by atomic mass is 35.5. The van der Waals surface area contributed by atoms with Gasteiger partial charge in [-0.2, -0.15) is 0 Å². The Labute approximate surface area is 123 Å². The molecule has 3 nitrogen and oxygen atoms in total. The molecule has 0 bridgehead atoms. The minimum atomic E-state index is -1.09. The number of allylic oxidation sites excluding steroid dienone is 2. The van der Waals surface area contributed by atoms with Crippen LogP contribution in [0.4, 0.5) is 0 Å². The molecule has 1 amide bonds. The summed E-state index contributed by atoms with van der Waals surface area (Å²) in [7, 11) is 1.60. The third-order valence-corrected chi connectivity index (χ3v) is 2.76. The van der Waals surface area contributed by atoms with Crippen LogP contribution < -0.4 is 4.74 Å². The van der Waals surface area contributed by atoms with E-state index in [9.17, 15) is 4.79 Å². The number of carbonyl (C=O) groups is 1. The first-order valence-electron chi connectivity index (χ1n) is 5.59. The van der Waals surface area contributed by atoms with Crippen LogP contribution in [0.15, 0.2) is 49.2 Å². The van der Waals surface area contributed by atoms with Gasteiger partial charge in [-0.1, -0.05) is 48.0 Å². The van der Waals surface area contributed by atoms with Gasteiger partial charge in [0, 0.05) is 6.20 Å². The number of benzene rings is 1. The Morgan fingerprint density at radius 2 is 2.05 bits per heavy atom. The highest BCUT2D eigenvalue weighted by Gasteiger charge is 2.18. The Balaban J connectivity index is 2.83. The quantitative estimate of drug-likeness (QED) is 0.594. The van der Waals surface area contributed by atoms with Crippen LogP contribution in [-0.4, -0.2) is 22.8 Å². The fourth-order valence-electron chi connectivity index (χ4n) is 1.42. The second-order valence-electron chi connectivity index (χ2n) is 3.69. The number of alkyl halides is 2. The smallest absolute Gasteiger partial charge is 0.260 e. The van der Waals surface area contributed by atoms with Crippen LogP contribution in [0.3, 0.4) is 0 Å². The molecule has 5 heteroatoms. The third kappa shape index (κ3) is 4.97. The molecule has 1 aromatic carbocycles. The van der Waals surface area contributed by atoms with Gasteiger partial charge in [0.2, 0.25) is 0 Å². The van der Waals surface area contributed by atoms with E-state index in [2.05, 4.69) is 6.58 Å². The number of carbonyl (C=O) groups excluding carboxylic acids is 1. The molecule has 0 aliphatic rings. The van der Waals surface area contributed by atoms with E-state index in [4.69, 9.17) is 27.9 Å². The summed E-state index contributed by atoms with van der Waals surface area (Å²) >= 11 is 11.2. The molecule has 102 valence electrons. The summed E-state index contributed by atoms with van der Waals surface area (Å²) in [5.74, 6) is 0.382. The van der Waals surface area contributed by atoms with Crippen molar-refractivity contribution >= 4 is 29.1 Å². The van der Waals surface area contributed by atoms with Crippen LogP contribution in [0.2, 0.25) is 0 Å². The monoisotopic (exact) mass is 299 g/mol. The molecule has 0 spiro atoms. The normalized spacial score (nSPS) is 10.7. The Morgan fingerprint density at radius 1 is 1.42 bits per heavy atom. The van der Waals surface area contributed by atoms with E-state index in [-0.39, 0.29) is 5.91 Å². The van der Waals surface area contributed by atoms with Gasteiger partial charge in [-0.05, 0) is 23.8 Å². The summed E-state index contributed by atoms with van der Waals surface area (Å²) < 4.78 is 5.07. The first-order valence-corrected chi connectivity index (χ1v) is 6.46. The van der Waals surface area contributed by atoms with Gasteiger partial charge in [-0.15, -0.1) is 0 Å². The zero-order chi connectivity index (χ0) is 14.3. The summed E-state index contributed by atoms with van der Waals surface area (Å²) in [5, 5.41) is 0.